The SMILES string of the molecule is CC1CN(Cc2ccc(F)cc2)CCN1C(=O)COc1ccc(Br)cc1CS(N)(=O)=O. The van der Waals surface area contributed by atoms with Crippen LogP contribution in [0.4, 0.5) is 4.39 Å². The number of piperazine rings is 1. The number of carbonyl (C=O) groups excluding carboxylic acids is 1. The molecule has 1 aliphatic rings. The number of amides is 1. The van der Waals surface area contributed by atoms with Gasteiger partial charge in [0.25, 0.3) is 5.91 Å². The van der Waals surface area contributed by atoms with Gasteiger partial charge in [0, 0.05) is 42.3 Å². The van der Waals surface area contributed by atoms with Gasteiger partial charge in [0.15, 0.2) is 6.61 Å². The lowest BCUT2D eigenvalue weighted by Crippen LogP contribution is -2.54. The highest BCUT2D eigenvalue weighted by molar-refractivity contribution is 9.10. The first kappa shape index (κ1) is 23.6. The highest BCUT2D eigenvalue weighted by Crippen LogP contribution is 2.25. The second-order valence-corrected chi connectivity index (χ2v) is 10.2. The summed E-state index contributed by atoms with van der Waals surface area (Å²) >= 11 is 3.30. The van der Waals surface area contributed by atoms with Crippen LogP contribution < -0.4 is 9.88 Å². The molecule has 3 rings (SSSR count). The molecule has 2 N–H and O–H groups in total. The molecule has 7 nitrogen and oxygen atoms in total. The van der Waals surface area contributed by atoms with E-state index in [1.807, 2.05) is 6.92 Å². The van der Waals surface area contributed by atoms with E-state index >= 15 is 0 Å². The number of benzene rings is 2. The van der Waals surface area contributed by atoms with Gasteiger partial charge in [0.05, 0.1) is 5.75 Å². The molecule has 0 aliphatic carbocycles. The molecule has 1 fully saturated rings. The molecule has 1 amide bonds. The molecule has 1 aliphatic heterocycles. The van der Waals surface area contributed by atoms with Gasteiger partial charge in [0.2, 0.25) is 10.0 Å². The van der Waals surface area contributed by atoms with E-state index < -0.39 is 10.0 Å². The third-order valence-electron chi connectivity index (χ3n) is 5.08. The summed E-state index contributed by atoms with van der Waals surface area (Å²) in [5, 5.41) is 5.16. The quantitative estimate of drug-likeness (QED) is 0.613. The molecule has 1 heterocycles. The van der Waals surface area contributed by atoms with Crippen LogP contribution in [0.3, 0.4) is 0 Å². The van der Waals surface area contributed by atoms with E-state index in [1.165, 1.54) is 12.1 Å². The predicted molar refractivity (Wildman–Crippen MR) is 119 cm³/mol. The number of carbonyl (C=O) groups is 1. The van der Waals surface area contributed by atoms with Crippen LogP contribution in [0.1, 0.15) is 18.1 Å². The number of primary sulfonamides is 1. The van der Waals surface area contributed by atoms with Crippen LogP contribution in [0.15, 0.2) is 46.9 Å². The topological polar surface area (TPSA) is 92.9 Å². The maximum absolute atomic E-state index is 13.1. The van der Waals surface area contributed by atoms with Crippen LogP contribution in [0.25, 0.3) is 0 Å². The Morgan fingerprint density at radius 3 is 2.58 bits per heavy atom. The largest absolute Gasteiger partial charge is 0.483 e. The summed E-state index contributed by atoms with van der Waals surface area (Å²) < 4.78 is 42.4. The van der Waals surface area contributed by atoms with Gasteiger partial charge in [-0.25, -0.2) is 17.9 Å². The lowest BCUT2D eigenvalue weighted by atomic mass is 10.1. The van der Waals surface area contributed by atoms with Crippen LogP contribution in [-0.2, 0) is 27.1 Å². The van der Waals surface area contributed by atoms with E-state index in [0.717, 1.165) is 5.56 Å². The Morgan fingerprint density at radius 1 is 1.23 bits per heavy atom. The molecule has 1 unspecified atom stereocenters. The van der Waals surface area contributed by atoms with Gasteiger partial charge in [-0.05, 0) is 42.8 Å². The van der Waals surface area contributed by atoms with Crippen molar-refractivity contribution < 1.29 is 22.3 Å². The first-order chi connectivity index (χ1) is 14.6. The normalized spacial score (nSPS) is 17.5. The van der Waals surface area contributed by atoms with Gasteiger partial charge in [-0.2, -0.15) is 0 Å². The van der Waals surface area contributed by atoms with Crippen LogP contribution in [0, 0.1) is 5.82 Å². The number of ether oxygens (including phenoxy) is 1. The zero-order valence-electron chi connectivity index (χ0n) is 17.1. The Morgan fingerprint density at radius 2 is 1.94 bits per heavy atom. The molecule has 0 saturated carbocycles. The summed E-state index contributed by atoms with van der Waals surface area (Å²) in [6.07, 6.45) is 0. The van der Waals surface area contributed by atoms with Gasteiger partial charge in [-0.3, -0.25) is 9.69 Å². The average molecular weight is 514 g/mol. The zero-order valence-corrected chi connectivity index (χ0v) is 19.5. The zero-order chi connectivity index (χ0) is 22.6. The second kappa shape index (κ2) is 10.1. The number of rotatable bonds is 7. The van der Waals surface area contributed by atoms with Crippen molar-refractivity contribution in [2.24, 2.45) is 5.14 Å². The molecule has 1 saturated heterocycles. The first-order valence-corrected chi connectivity index (χ1v) is 12.3. The Labute approximate surface area is 190 Å². The van der Waals surface area contributed by atoms with Crippen LogP contribution in [-0.4, -0.2) is 56.4 Å². The fourth-order valence-electron chi connectivity index (χ4n) is 3.64. The minimum Gasteiger partial charge on any atom is -0.483 e. The number of sulfonamides is 1. The summed E-state index contributed by atoms with van der Waals surface area (Å²) in [4.78, 5) is 16.7. The minimum absolute atomic E-state index is 0.0147. The van der Waals surface area contributed by atoms with Crippen LogP contribution in [0.2, 0.25) is 0 Å². The van der Waals surface area contributed by atoms with Gasteiger partial charge >= 0.3 is 0 Å². The molecule has 168 valence electrons. The monoisotopic (exact) mass is 513 g/mol. The van der Waals surface area contributed by atoms with E-state index in [9.17, 15) is 17.6 Å². The fourth-order valence-corrected chi connectivity index (χ4v) is 4.70. The lowest BCUT2D eigenvalue weighted by molar-refractivity contribution is -0.138. The summed E-state index contributed by atoms with van der Waals surface area (Å²) in [5.41, 5.74) is 1.41. The van der Waals surface area contributed by atoms with Crippen molar-refractivity contribution in [1.29, 1.82) is 0 Å². The van der Waals surface area contributed by atoms with E-state index in [2.05, 4.69) is 20.8 Å². The Balaban J connectivity index is 1.56. The summed E-state index contributed by atoms with van der Waals surface area (Å²) in [6.45, 7) is 4.41. The van der Waals surface area contributed by atoms with Crippen molar-refractivity contribution in [2.75, 3.05) is 26.2 Å². The summed E-state index contributed by atoms with van der Waals surface area (Å²) in [7, 11) is -3.74. The highest BCUT2D eigenvalue weighted by Gasteiger charge is 2.27. The van der Waals surface area contributed by atoms with Crippen molar-refractivity contribution in [3.05, 3.63) is 63.9 Å². The number of hydrogen-bond acceptors (Lipinski definition) is 5. The summed E-state index contributed by atoms with van der Waals surface area (Å²) in [6, 6.07) is 11.3. The summed E-state index contributed by atoms with van der Waals surface area (Å²) in [5.74, 6) is -0.494. The average Bonchev–Trinajstić information content (AvgIpc) is 2.68. The van der Waals surface area contributed by atoms with E-state index in [4.69, 9.17) is 9.88 Å². The molecule has 0 bridgehead atoms. The second-order valence-electron chi connectivity index (χ2n) is 7.65. The maximum atomic E-state index is 13.1. The van der Waals surface area contributed by atoms with Crippen molar-refractivity contribution in [3.63, 3.8) is 0 Å². The molecule has 31 heavy (non-hydrogen) atoms. The van der Waals surface area contributed by atoms with Crippen molar-refractivity contribution in [1.82, 2.24) is 9.80 Å². The van der Waals surface area contributed by atoms with E-state index in [1.54, 1.807) is 35.2 Å². The van der Waals surface area contributed by atoms with E-state index in [0.29, 0.717) is 42.0 Å². The number of hydrogen-bond donors (Lipinski definition) is 1. The molecule has 2 aromatic rings. The molecule has 0 spiro atoms. The highest BCUT2D eigenvalue weighted by atomic mass is 79.9. The molecular weight excluding hydrogens is 489 g/mol. The number of halogens is 2. The van der Waals surface area contributed by atoms with Crippen LogP contribution >= 0.6 is 15.9 Å². The van der Waals surface area contributed by atoms with Gasteiger partial charge in [-0.1, -0.05) is 28.1 Å². The number of nitrogens with two attached hydrogens (primary N) is 1. The lowest BCUT2D eigenvalue weighted by Gasteiger charge is -2.39. The molecule has 10 heteroatoms. The van der Waals surface area contributed by atoms with Gasteiger partial charge < -0.3 is 9.64 Å². The third-order valence-corrected chi connectivity index (χ3v) is 6.29. The fraction of sp³-hybridized carbons (Fsp3) is 0.381. The third kappa shape index (κ3) is 6.99. The Kier molecular flexibility index (Phi) is 7.68. The Bertz CT molecular complexity index is 1030. The maximum Gasteiger partial charge on any atom is 0.260 e. The smallest absolute Gasteiger partial charge is 0.260 e. The minimum atomic E-state index is -3.74. The van der Waals surface area contributed by atoms with Crippen LogP contribution in [0.5, 0.6) is 5.75 Å². The molecule has 0 aromatic heterocycles. The predicted octanol–water partition coefficient (Wildman–Crippen LogP) is 2.49. The van der Waals surface area contributed by atoms with Crippen molar-refractivity contribution >= 4 is 31.9 Å². The van der Waals surface area contributed by atoms with Crippen molar-refractivity contribution in [2.45, 2.75) is 25.3 Å². The molecule has 2 aromatic carbocycles. The standard InChI is InChI=1S/C21H25BrFN3O4S/c1-15-11-25(12-16-2-5-19(23)6-3-16)8-9-26(15)21(27)13-30-20-7-4-18(22)10-17(20)14-31(24,28)29/h2-7,10,15H,8-9,11-14H2,1H3,(H2,24,28,29). The number of nitrogens with zero attached hydrogens (tertiary/aromatic N) is 2. The first-order valence-electron chi connectivity index (χ1n) is 9.78. The van der Waals surface area contributed by atoms with Gasteiger partial charge in [-0.15, -0.1) is 0 Å². The van der Waals surface area contributed by atoms with Crippen molar-refractivity contribution in [3.8, 4) is 5.75 Å². The molecule has 1 atom stereocenters. The van der Waals surface area contributed by atoms with E-state index in [-0.39, 0.29) is 30.1 Å². The molecular formula is C21H25BrFN3O4S. The van der Waals surface area contributed by atoms with Gasteiger partial charge in [0.1, 0.15) is 11.6 Å². The Hall–Kier alpha value is -2.01. The molecule has 0 radical (unpaired) electrons.